The summed E-state index contributed by atoms with van der Waals surface area (Å²) in [4.78, 5) is 23.0. The van der Waals surface area contributed by atoms with Gasteiger partial charge in [0.05, 0.1) is 12.5 Å². The minimum atomic E-state index is -0.538. The zero-order valence-electron chi connectivity index (χ0n) is 10.8. The van der Waals surface area contributed by atoms with E-state index in [2.05, 4.69) is 10.6 Å². The number of amides is 2. The van der Waals surface area contributed by atoms with Crippen molar-refractivity contribution in [3.05, 3.63) is 0 Å². The Morgan fingerprint density at radius 2 is 2.06 bits per heavy atom. The monoisotopic (exact) mass is 245 g/mol. The molecule has 0 aliphatic heterocycles. The maximum absolute atomic E-state index is 11.5. The third-order valence-corrected chi connectivity index (χ3v) is 2.33. The van der Waals surface area contributed by atoms with Crippen molar-refractivity contribution in [3.63, 3.8) is 0 Å². The van der Waals surface area contributed by atoms with Crippen molar-refractivity contribution in [1.29, 1.82) is 0 Å². The summed E-state index contributed by atoms with van der Waals surface area (Å²) >= 11 is 0. The van der Waals surface area contributed by atoms with Gasteiger partial charge in [0.25, 0.3) is 0 Å². The molecule has 0 fully saturated rings. The lowest BCUT2D eigenvalue weighted by atomic mass is 10.2. The Hall–Kier alpha value is -1.14. The van der Waals surface area contributed by atoms with Gasteiger partial charge in [-0.1, -0.05) is 6.92 Å². The van der Waals surface area contributed by atoms with Crippen LogP contribution in [-0.4, -0.2) is 44.2 Å². The lowest BCUT2D eigenvalue weighted by molar-refractivity contribution is -0.129. The van der Waals surface area contributed by atoms with E-state index in [4.69, 9.17) is 10.5 Å². The Morgan fingerprint density at radius 1 is 1.41 bits per heavy atom. The lowest BCUT2D eigenvalue weighted by Crippen LogP contribution is -2.46. The third kappa shape index (κ3) is 6.91. The first-order valence-electron chi connectivity index (χ1n) is 5.85. The average Bonchev–Trinajstić information content (AvgIpc) is 2.32. The number of nitrogens with one attached hydrogen (secondary N) is 2. The van der Waals surface area contributed by atoms with Crippen molar-refractivity contribution in [2.45, 2.75) is 38.8 Å². The first kappa shape index (κ1) is 15.9. The molecular weight excluding hydrogens is 222 g/mol. The molecule has 0 saturated carbocycles. The predicted octanol–water partition coefficient (Wildman–Crippen LogP) is -0.619. The van der Waals surface area contributed by atoms with E-state index in [1.807, 2.05) is 6.92 Å². The summed E-state index contributed by atoms with van der Waals surface area (Å²) in [5.41, 5.74) is 5.40. The molecule has 0 aromatic rings. The van der Waals surface area contributed by atoms with Gasteiger partial charge < -0.3 is 21.1 Å². The molecule has 4 N–H and O–H groups in total. The molecule has 0 aromatic heterocycles. The second-order valence-corrected chi connectivity index (χ2v) is 3.88. The molecule has 0 heterocycles. The smallest absolute Gasteiger partial charge is 0.242 e. The van der Waals surface area contributed by atoms with Gasteiger partial charge in [-0.2, -0.15) is 0 Å². The van der Waals surface area contributed by atoms with Crippen LogP contribution in [0.2, 0.25) is 0 Å². The molecular formula is C11H23N3O3. The Labute approximate surface area is 102 Å². The molecule has 0 saturated heterocycles. The second-order valence-electron chi connectivity index (χ2n) is 3.88. The highest BCUT2D eigenvalue weighted by Gasteiger charge is 2.17. The van der Waals surface area contributed by atoms with Crippen molar-refractivity contribution in [1.82, 2.24) is 10.6 Å². The van der Waals surface area contributed by atoms with Crippen LogP contribution in [-0.2, 0) is 14.3 Å². The number of nitrogens with two attached hydrogens (primary N) is 1. The van der Waals surface area contributed by atoms with Crippen LogP contribution < -0.4 is 16.4 Å². The molecule has 0 rings (SSSR count). The summed E-state index contributed by atoms with van der Waals surface area (Å²) < 4.78 is 4.99. The number of hydrogen-bond acceptors (Lipinski definition) is 4. The van der Waals surface area contributed by atoms with Gasteiger partial charge in [0.1, 0.15) is 6.04 Å². The Balaban J connectivity index is 3.97. The van der Waals surface area contributed by atoms with Gasteiger partial charge in [-0.25, -0.2) is 0 Å². The van der Waals surface area contributed by atoms with Gasteiger partial charge in [0.2, 0.25) is 11.8 Å². The maximum Gasteiger partial charge on any atom is 0.242 e. The zero-order valence-corrected chi connectivity index (χ0v) is 10.8. The fourth-order valence-corrected chi connectivity index (χ4v) is 1.24. The summed E-state index contributed by atoms with van der Waals surface area (Å²) in [5, 5.41) is 5.31. The zero-order chi connectivity index (χ0) is 13.3. The molecule has 0 spiro atoms. The maximum atomic E-state index is 11.5. The van der Waals surface area contributed by atoms with Crippen LogP contribution in [0, 0.1) is 0 Å². The molecule has 2 amide bonds. The highest BCUT2D eigenvalue weighted by molar-refractivity contribution is 5.87. The van der Waals surface area contributed by atoms with Crippen molar-refractivity contribution < 1.29 is 14.3 Å². The molecule has 17 heavy (non-hydrogen) atoms. The normalized spacial score (nSPS) is 13.9. The van der Waals surface area contributed by atoms with E-state index < -0.39 is 6.04 Å². The van der Waals surface area contributed by atoms with Gasteiger partial charge in [0, 0.05) is 20.2 Å². The summed E-state index contributed by atoms with van der Waals surface area (Å²) in [6.07, 6.45) is 0.727. The summed E-state index contributed by atoms with van der Waals surface area (Å²) in [6, 6.07) is -0.538. The van der Waals surface area contributed by atoms with Gasteiger partial charge in [-0.3, -0.25) is 9.59 Å². The standard InChI is InChI=1S/C11H23N3O3/c1-4-5-13-11(16)8(2)14-10(15)6-9(7-12)17-3/h8-9H,4-7,12H2,1-3H3,(H,13,16)(H,14,15). The quantitative estimate of drug-likeness (QED) is 0.531. The largest absolute Gasteiger partial charge is 0.380 e. The lowest BCUT2D eigenvalue weighted by Gasteiger charge is -2.16. The number of rotatable bonds is 8. The molecule has 0 radical (unpaired) electrons. The molecule has 6 nitrogen and oxygen atoms in total. The summed E-state index contributed by atoms with van der Waals surface area (Å²) in [7, 11) is 1.50. The van der Waals surface area contributed by atoms with E-state index in [-0.39, 0.29) is 30.9 Å². The fraction of sp³-hybridized carbons (Fsp3) is 0.818. The third-order valence-electron chi connectivity index (χ3n) is 2.33. The molecule has 0 aliphatic carbocycles. The van der Waals surface area contributed by atoms with Crippen LogP contribution in [0.15, 0.2) is 0 Å². The molecule has 100 valence electrons. The number of carbonyl (C=O) groups is 2. The number of methoxy groups -OCH3 is 1. The second kappa shape index (κ2) is 8.95. The molecule has 2 unspecified atom stereocenters. The average molecular weight is 245 g/mol. The number of carbonyl (C=O) groups excluding carboxylic acids is 2. The highest BCUT2D eigenvalue weighted by atomic mass is 16.5. The first-order valence-corrected chi connectivity index (χ1v) is 5.85. The number of ether oxygens (including phenoxy) is 1. The van der Waals surface area contributed by atoms with Gasteiger partial charge >= 0.3 is 0 Å². The molecule has 2 atom stereocenters. The van der Waals surface area contributed by atoms with Crippen molar-refractivity contribution in [3.8, 4) is 0 Å². The van der Waals surface area contributed by atoms with Crippen LogP contribution in [0.4, 0.5) is 0 Å². The van der Waals surface area contributed by atoms with Gasteiger partial charge in [-0.05, 0) is 13.3 Å². The van der Waals surface area contributed by atoms with Crippen molar-refractivity contribution >= 4 is 11.8 Å². The molecule has 0 bridgehead atoms. The van der Waals surface area contributed by atoms with Crippen molar-refractivity contribution in [2.75, 3.05) is 20.2 Å². The first-order chi connectivity index (χ1) is 8.04. The van der Waals surface area contributed by atoms with Crippen LogP contribution >= 0.6 is 0 Å². The van der Waals surface area contributed by atoms with Gasteiger partial charge in [-0.15, -0.1) is 0 Å². The van der Waals surface area contributed by atoms with E-state index in [1.54, 1.807) is 6.92 Å². The Bertz CT molecular complexity index is 242. The van der Waals surface area contributed by atoms with E-state index in [1.165, 1.54) is 7.11 Å². The minimum Gasteiger partial charge on any atom is -0.380 e. The van der Waals surface area contributed by atoms with E-state index in [9.17, 15) is 9.59 Å². The van der Waals surface area contributed by atoms with E-state index in [0.717, 1.165) is 6.42 Å². The fourth-order valence-electron chi connectivity index (χ4n) is 1.24. The van der Waals surface area contributed by atoms with Crippen LogP contribution in [0.25, 0.3) is 0 Å². The van der Waals surface area contributed by atoms with Crippen LogP contribution in [0.5, 0.6) is 0 Å². The molecule has 0 aromatic carbocycles. The Morgan fingerprint density at radius 3 is 2.53 bits per heavy atom. The highest BCUT2D eigenvalue weighted by Crippen LogP contribution is 1.95. The topological polar surface area (TPSA) is 93.5 Å². The molecule has 0 aliphatic rings. The predicted molar refractivity (Wildman–Crippen MR) is 65.4 cm³/mol. The Kier molecular flexibility index (Phi) is 8.35. The summed E-state index contributed by atoms with van der Waals surface area (Å²) in [6.45, 7) is 4.50. The minimum absolute atomic E-state index is 0.165. The van der Waals surface area contributed by atoms with Crippen molar-refractivity contribution in [2.24, 2.45) is 5.73 Å². The van der Waals surface area contributed by atoms with Gasteiger partial charge in [0.15, 0.2) is 0 Å². The summed E-state index contributed by atoms with van der Waals surface area (Å²) in [5.74, 6) is -0.414. The van der Waals surface area contributed by atoms with Crippen LogP contribution in [0.1, 0.15) is 26.7 Å². The van der Waals surface area contributed by atoms with Crippen LogP contribution in [0.3, 0.4) is 0 Å². The molecule has 6 heteroatoms. The SMILES string of the molecule is CCCNC(=O)C(C)NC(=O)CC(CN)OC. The number of hydrogen-bond donors (Lipinski definition) is 3. The van der Waals surface area contributed by atoms with E-state index in [0.29, 0.717) is 6.54 Å². The van der Waals surface area contributed by atoms with E-state index >= 15 is 0 Å².